The van der Waals surface area contributed by atoms with Gasteiger partial charge in [0, 0.05) is 39.0 Å². The van der Waals surface area contributed by atoms with Crippen LogP contribution >= 0.6 is 0 Å². The third-order valence-corrected chi connectivity index (χ3v) is 21.9. The van der Waals surface area contributed by atoms with Crippen molar-refractivity contribution in [2.45, 2.75) is 194 Å². The van der Waals surface area contributed by atoms with Gasteiger partial charge in [0.2, 0.25) is 11.8 Å². The highest BCUT2D eigenvalue weighted by Gasteiger charge is 2.67. The maximum Gasteiger partial charge on any atom is 0.220 e. The van der Waals surface area contributed by atoms with E-state index in [0.29, 0.717) is 62.7 Å². The fourth-order valence-electron chi connectivity index (χ4n) is 18.3. The molecular weight excluding hydrogens is 795 g/mol. The van der Waals surface area contributed by atoms with Crippen molar-refractivity contribution < 1.29 is 40.2 Å². The maximum absolute atomic E-state index is 13.0. The molecule has 360 valence electrons. The first-order chi connectivity index (χ1) is 29.8. The highest BCUT2D eigenvalue weighted by Crippen LogP contribution is 2.70. The Morgan fingerprint density at radius 3 is 1.32 bits per heavy atom. The zero-order chi connectivity index (χ0) is 45.2. The van der Waals surface area contributed by atoms with E-state index in [4.69, 9.17) is 0 Å². The molecule has 0 aromatic heterocycles. The summed E-state index contributed by atoms with van der Waals surface area (Å²) in [6, 6.07) is 0. The van der Waals surface area contributed by atoms with Crippen molar-refractivity contribution in [1.82, 2.24) is 16.0 Å². The van der Waals surface area contributed by atoms with Gasteiger partial charge in [0.25, 0.3) is 0 Å². The number of amides is 2. The van der Waals surface area contributed by atoms with Crippen LogP contribution in [0, 0.1) is 92.7 Å². The quantitative estimate of drug-likeness (QED) is 0.101. The molecule has 0 heterocycles. The van der Waals surface area contributed by atoms with Crippen LogP contribution in [-0.2, 0) is 9.59 Å². The van der Waals surface area contributed by atoms with Crippen LogP contribution in [-0.4, -0.2) is 105 Å². The van der Waals surface area contributed by atoms with E-state index in [-0.39, 0.29) is 105 Å². The molecule has 63 heavy (non-hydrogen) atoms. The van der Waals surface area contributed by atoms with E-state index in [1.165, 1.54) is 0 Å². The summed E-state index contributed by atoms with van der Waals surface area (Å²) in [7, 11) is 0. The van der Waals surface area contributed by atoms with Gasteiger partial charge in [-0.05, 0) is 195 Å². The molecule has 0 saturated heterocycles. The zero-order valence-corrected chi connectivity index (χ0v) is 39.9. The van der Waals surface area contributed by atoms with Crippen molar-refractivity contribution in [3.63, 3.8) is 0 Å². The number of carbonyl (C=O) groups excluding carboxylic acids is 2. The molecule has 8 saturated carbocycles. The maximum atomic E-state index is 13.0. The molecule has 2 amide bonds. The molecule has 0 spiro atoms. The van der Waals surface area contributed by atoms with Gasteiger partial charge in [0.1, 0.15) is 0 Å². The smallest absolute Gasteiger partial charge is 0.220 e. The Labute approximate surface area is 379 Å². The Balaban J connectivity index is 0.713. The second-order valence-corrected chi connectivity index (χ2v) is 24.5. The standard InChI is InChI=1S/C52H89N3O8/c1-29(35-9-11-37-47-39(27-43(60)51(35,37)5)49(3)17-15-33(56)23-31(49)25-41(47)58)7-13-45(62)54-21-19-53-20-22-55-46(63)14-8-30(2)36-10-12-38-48-40(28-44(61)52(36,38)6)50(4)18-16-34(57)24-32(50)26-42(48)59/h29-44,47-48,53,56-61H,7-28H2,1-6H3,(H,54,62)(H,55,63)/t29-,30-,31+,32+,33-,34-,35-,36-,37+,38+,39+,40+,41-,42-,43+,44+,47+,48+,49+,50+,51-,52-/m1/s1. The molecule has 0 unspecified atom stereocenters. The van der Waals surface area contributed by atoms with Gasteiger partial charge in [0.05, 0.1) is 36.6 Å². The molecule has 0 aromatic carbocycles. The van der Waals surface area contributed by atoms with Gasteiger partial charge in [-0.25, -0.2) is 0 Å². The van der Waals surface area contributed by atoms with Crippen LogP contribution in [0.25, 0.3) is 0 Å². The third-order valence-electron chi connectivity index (χ3n) is 21.9. The molecular formula is C52H89N3O8. The second kappa shape index (κ2) is 18.6. The monoisotopic (exact) mass is 884 g/mol. The number of hydrogen-bond donors (Lipinski definition) is 9. The number of aliphatic hydroxyl groups is 6. The number of fused-ring (bicyclic) bond motifs is 10. The number of carbonyl (C=O) groups is 2. The number of rotatable bonds is 14. The highest BCUT2D eigenvalue weighted by atomic mass is 16.3. The van der Waals surface area contributed by atoms with Crippen LogP contribution in [0.4, 0.5) is 0 Å². The van der Waals surface area contributed by atoms with E-state index < -0.39 is 12.2 Å². The van der Waals surface area contributed by atoms with Gasteiger partial charge in [-0.1, -0.05) is 41.5 Å². The summed E-state index contributed by atoms with van der Waals surface area (Å²) in [6.07, 6.45) is 12.5. The number of aliphatic hydroxyl groups excluding tert-OH is 6. The molecule has 0 bridgehead atoms. The lowest BCUT2D eigenvalue weighted by Gasteiger charge is -2.63. The van der Waals surface area contributed by atoms with Gasteiger partial charge in [-0.2, -0.15) is 0 Å². The minimum absolute atomic E-state index is 0.0435. The lowest BCUT2D eigenvalue weighted by molar-refractivity contribution is -0.207. The lowest BCUT2D eigenvalue weighted by atomic mass is 9.43. The molecule has 9 N–H and O–H groups in total. The van der Waals surface area contributed by atoms with E-state index in [1.54, 1.807) is 0 Å². The van der Waals surface area contributed by atoms with Crippen molar-refractivity contribution >= 4 is 11.8 Å². The summed E-state index contributed by atoms with van der Waals surface area (Å²) in [5, 5.41) is 77.3. The van der Waals surface area contributed by atoms with Gasteiger partial charge in [-0.15, -0.1) is 0 Å². The summed E-state index contributed by atoms with van der Waals surface area (Å²) >= 11 is 0. The molecule has 8 rings (SSSR count). The van der Waals surface area contributed by atoms with Crippen LogP contribution < -0.4 is 16.0 Å². The molecule has 0 aromatic rings. The van der Waals surface area contributed by atoms with Crippen molar-refractivity contribution in [3.05, 3.63) is 0 Å². The normalized spacial score (nSPS) is 49.8. The first-order valence-electron chi connectivity index (χ1n) is 26.2. The average Bonchev–Trinajstić information content (AvgIpc) is 3.79. The molecule has 8 fully saturated rings. The van der Waals surface area contributed by atoms with Crippen LogP contribution in [0.3, 0.4) is 0 Å². The largest absolute Gasteiger partial charge is 0.393 e. The lowest BCUT2D eigenvalue weighted by Crippen LogP contribution is -2.62. The summed E-state index contributed by atoms with van der Waals surface area (Å²) in [4.78, 5) is 25.9. The van der Waals surface area contributed by atoms with Gasteiger partial charge in [-0.3, -0.25) is 9.59 Å². The van der Waals surface area contributed by atoms with Gasteiger partial charge >= 0.3 is 0 Å². The van der Waals surface area contributed by atoms with Crippen LogP contribution in [0.5, 0.6) is 0 Å². The molecule has 22 atom stereocenters. The first kappa shape index (κ1) is 48.1. The van der Waals surface area contributed by atoms with Crippen molar-refractivity contribution in [3.8, 4) is 0 Å². The van der Waals surface area contributed by atoms with Gasteiger partial charge in [0.15, 0.2) is 0 Å². The molecule has 11 nitrogen and oxygen atoms in total. The molecule has 0 radical (unpaired) electrons. The molecule has 0 aliphatic heterocycles. The SMILES string of the molecule is C[C@H](CCC(=O)NCCNCCNC(=O)CC[C@@H](C)[C@H]1CC[C@H]2[C@@H]3[C@H](O)C[C@@H]4C[C@H](O)CC[C@]4(C)[C@H]3C[C@H](O)[C@]12C)[C@H]1CC[C@H]2[C@@H]3[C@H](O)C[C@@H]4C[C@H](O)CC[C@]4(C)[C@H]3C[C@H](O)[C@]12C. The molecule has 8 aliphatic rings. The Kier molecular flexibility index (Phi) is 14.2. The molecule has 11 heteroatoms. The first-order valence-corrected chi connectivity index (χ1v) is 26.2. The van der Waals surface area contributed by atoms with Crippen molar-refractivity contribution in [2.75, 3.05) is 26.2 Å². The number of nitrogens with one attached hydrogen (secondary N) is 3. The second-order valence-electron chi connectivity index (χ2n) is 24.5. The minimum Gasteiger partial charge on any atom is -0.393 e. The summed E-state index contributed by atoms with van der Waals surface area (Å²) in [6.45, 7) is 16.1. The minimum atomic E-state index is -0.421. The highest BCUT2D eigenvalue weighted by molar-refractivity contribution is 5.76. The van der Waals surface area contributed by atoms with E-state index in [9.17, 15) is 40.2 Å². The zero-order valence-electron chi connectivity index (χ0n) is 39.9. The van der Waals surface area contributed by atoms with Crippen LogP contribution in [0.2, 0.25) is 0 Å². The predicted molar refractivity (Wildman–Crippen MR) is 244 cm³/mol. The van der Waals surface area contributed by atoms with Gasteiger partial charge < -0.3 is 46.6 Å². The van der Waals surface area contributed by atoms with E-state index in [1.807, 2.05) is 0 Å². The van der Waals surface area contributed by atoms with E-state index in [2.05, 4.69) is 57.5 Å². The summed E-state index contributed by atoms with van der Waals surface area (Å²) < 4.78 is 0. The fraction of sp³-hybridized carbons (Fsp3) is 0.962. The molecule has 8 aliphatic carbocycles. The Morgan fingerprint density at radius 2 is 0.921 bits per heavy atom. The van der Waals surface area contributed by atoms with Crippen LogP contribution in [0.1, 0.15) is 157 Å². The Morgan fingerprint density at radius 1 is 0.524 bits per heavy atom. The van der Waals surface area contributed by atoms with E-state index in [0.717, 1.165) is 103 Å². The van der Waals surface area contributed by atoms with E-state index >= 15 is 0 Å². The predicted octanol–water partition coefficient (Wildman–Crippen LogP) is 5.56. The fourth-order valence-corrected chi connectivity index (χ4v) is 18.3. The summed E-state index contributed by atoms with van der Waals surface area (Å²) in [5.74, 6) is 3.43. The Hall–Kier alpha value is -1.34. The van der Waals surface area contributed by atoms with Crippen molar-refractivity contribution in [1.29, 1.82) is 0 Å². The van der Waals surface area contributed by atoms with Crippen LogP contribution in [0.15, 0.2) is 0 Å². The Bertz CT molecular complexity index is 1500. The van der Waals surface area contributed by atoms with Crippen molar-refractivity contribution in [2.24, 2.45) is 92.7 Å². The summed E-state index contributed by atoms with van der Waals surface area (Å²) in [5.41, 5.74) is -0.403. The third kappa shape index (κ3) is 8.50. The topological polar surface area (TPSA) is 192 Å². The number of hydrogen-bond acceptors (Lipinski definition) is 9. The average molecular weight is 884 g/mol.